The zero-order valence-corrected chi connectivity index (χ0v) is 46.4. The maximum atomic E-state index is 8.00. The summed E-state index contributed by atoms with van der Waals surface area (Å²) in [4.78, 5) is 5.26. The van der Waals surface area contributed by atoms with Gasteiger partial charge in [0.25, 0.3) is 6.71 Å². The highest BCUT2D eigenvalue weighted by molar-refractivity contribution is 7.01. The van der Waals surface area contributed by atoms with Crippen molar-refractivity contribution in [2.75, 3.05) is 9.80 Å². The van der Waals surface area contributed by atoms with Gasteiger partial charge >= 0.3 is 0 Å². The number of hydrogen-bond donors (Lipinski definition) is 0. The van der Waals surface area contributed by atoms with Crippen molar-refractivity contribution in [3.05, 3.63) is 147 Å². The summed E-state index contributed by atoms with van der Waals surface area (Å²) in [5.74, 6) is 0.968. The summed E-state index contributed by atoms with van der Waals surface area (Å²) in [6, 6.07) is 37.5. The van der Waals surface area contributed by atoms with Crippen LogP contribution < -0.4 is 26.2 Å². The van der Waals surface area contributed by atoms with Gasteiger partial charge in [0.05, 0.1) is 5.69 Å². The van der Waals surface area contributed by atoms with E-state index >= 15 is 0 Å². The molecule has 0 saturated heterocycles. The molecule has 0 fully saturated rings. The summed E-state index contributed by atoms with van der Waals surface area (Å²) in [6.45, 7) is 43.3. The van der Waals surface area contributed by atoms with Crippen LogP contribution in [0.15, 0.2) is 95.4 Å². The van der Waals surface area contributed by atoms with Crippen molar-refractivity contribution in [2.24, 2.45) is 0 Å². The lowest BCUT2D eigenvalue weighted by atomic mass is 9.33. The molecule has 1 unspecified atom stereocenters. The van der Waals surface area contributed by atoms with Crippen LogP contribution in [0.4, 0.5) is 34.3 Å². The van der Waals surface area contributed by atoms with Gasteiger partial charge in [0.15, 0.2) is 0 Å². The third-order valence-electron chi connectivity index (χ3n) is 18.6. The molecule has 0 spiro atoms. The highest BCUT2D eigenvalue weighted by atomic mass is 16.4. The van der Waals surface area contributed by atoms with Crippen LogP contribution >= 0.6 is 0 Å². The minimum Gasteiger partial charge on any atom is -0.440 e. The van der Waals surface area contributed by atoms with Crippen LogP contribution in [0.1, 0.15) is 192 Å². The second-order valence-electron chi connectivity index (χ2n) is 28.2. The number of anilines is 6. The predicted molar refractivity (Wildman–Crippen MR) is 305 cm³/mol. The zero-order valence-electron chi connectivity index (χ0n) is 46.4. The first kappa shape index (κ1) is 46.6. The van der Waals surface area contributed by atoms with Gasteiger partial charge in [0.2, 0.25) is 5.88 Å². The van der Waals surface area contributed by atoms with Crippen molar-refractivity contribution < 1.29 is 4.42 Å². The van der Waals surface area contributed by atoms with E-state index in [1.807, 2.05) is 0 Å². The van der Waals surface area contributed by atoms with Gasteiger partial charge in [-0.1, -0.05) is 159 Å². The van der Waals surface area contributed by atoms with Gasteiger partial charge in [-0.15, -0.1) is 0 Å². The van der Waals surface area contributed by atoms with Crippen molar-refractivity contribution >= 4 is 68.4 Å². The molecule has 0 saturated carbocycles. The van der Waals surface area contributed by atoms with Gasteiger partial charge in [-0.05, 0) is 181 Å². The van der Waals surface area contributed by atoms with Crippen molar-refractivity contribution in [2.45, 2.75) is 188 Å². The highest BCUT2D eigenvalue weighted by Gasteiger charge is 2.51. The largest absolute Gasteiger partial charge is 0.440 e. The molecular weight excluding hydrogens is 860 g/mol. The fourth-order valence-corrected chi connectivity index (χ4v) is 13.9. The van der Waals surface area contributed by atoms with Gasteiger partial charge in [-0.2, -0.15) is 0 Å². The molecule has 6 aliphatic rings. The van der Waals surface area contributed by atoms with Crippen LogP contribution in [0.5, 0.6) is 0 Å². The number of furan rings is 1. The van der Waals surface area contributed by atoms with Crippen LogP contribution in [0, 0.1) is 13.8 Å². The van der Waals surface area contributed by atoms with Crippen molar-refractivity contribution in [3.63, 3.8) is 0 Å². The minimum absolute atomic E-state index is 0.00188. The van der Waals surface area contributed by atoms with E-state index in [0.29, 0.717) is 0 Å². The first-order valence-electron chi connectivity index (χ1n) is 27.0. The van der Waals surface area contributed by atoms with E-state index in [-0.39, 0.29) is 44.6 Å². The molecule has 1 aromatic heterocycles. The molecule has 0 N–H and O–H groups in total. The van der Waals surface area contributed by atoms with E-state index in [0.717, 1.165) is 37.2 Å². The van der Waals surface area contributed by atoms with E-state index in [1.165, 1.54) is 117 Å². The number of benzene rings is 6. The molecule has 3 nitrogen and oxygen atoms in total. The van der Waals surface area contributed by atoms with E-state index < -0.39 is 0 Å². The fraction of sp³-hybridized carbons (Fsp3) is 0.433. The first-order chi connectivity index (χ1) is 33.0. The highest BCUT2D eigenvalue weighted by Crippen LogP contribution is 2.57. The Balaban J connectivity index is 1.30. The first-order valence-corrected chi connectivity index (χ1v) is 27.0. The van der Waals surface area contributed by atoms with Gasteiger partial charge in [0, 0.05) is 50.1 Å². The normalized spacial score (nSPS) is 20.1. The van der Waals surface area contributed by atoms with Crippen molar-refractivity contribution in [1.29, 1.82) is 0 Å². The number of rotatable bonds is 1. The Bertz CT molecular complexity index is 3450. The van der Waals surface area contributed by atoms with Crippen molar-refractivity contribution in [3.8, 4) is 11.1 Å². The van der Waals surface area contributed by atoms with E-state index in [4.69, 9.17) is 4.42 Å². The third-order valence-corrected chi connectivity index (χ3v) is 18.6. The Morgan fingerprint density at radius 2 is 1.06 bits per heavy atom. The monoisotopic (exact) mass is 937 g/mol. The van der Waals surface area contributed by atoms with Crippen LogP contribution in [0.3, 0.4) is 0 Å². The molecular formula is C67H77BN2O. The maximum Gasteiger partial charge on any atom is 0.257 e. The van der Waals surface area contributed by atoms with Crippen LogP contribution in [-0.4, -0.2) is 6.71 Å². The molecule has 364 valence electrons. The van der Waals surface area contributed by atoms with Gasteiger partial charge in [-0.25, -0.2) is 0 Å². The summed E-state index contributed by atoms with van der Waals surface area (Å²) in [7, 11) is 0. The van der Waals surface area contributed by atoms with Gasteiger partial charge in [0.1, 0.15) is 5.58 Å². The quantitative estimate of drug-likeness (QED) is 0.153. The Hall–Kier alpha value is -5.48. The third kappa shape index (κ3) is 6.60. The summed E-state index contributed by atoms with van der Waals surface area (Å²) < 4.78 is 8.00. The molecule has 6 bridgehead atoms. The molecule has 1 atom stereocenters. The average Bonchev–Trinajstić information content (AvgIpc) is 3.66. The molecule has 4 aliphatic heterocycles. The minimum atomic E-state index is -0.275. The zero-order chi connectivity index (χ0) is 50.7. The molecule has 4 heteroatoms. The second kappa shape index (κ2) is 14.4. The Kier molecular flexibility index (Phi) is 9.44. The van der Waals surface area contributed by atoms with Crippen LogP contribution in [0.25, 0.3) is 22.1 Å². The van der Waals surface area contributed by atoms with Crippen LogP contribution in [-0.2, 0) is 37.9 Å². The smallest absolute Gasteiger partial charge is 0.257 e. The van der Waals surface area contributed by atoms with Gasteiger partial charge < -0.3 is 9.32 Å². The molecule has 0 radical (unpaired) electrons. The van der Waals surface area contributed by atoms with E-state index in [9.17, 15) is 0 Å². The lowest BCUT2D eigenvalue weighted by molar-refractivity contribution is 0.332. The number of fused-ring (bicyclic) bond motifs is 6. The molecule has 7 aromatic rings. The standard InChI is InChI=1S/C67H77BN2O/c1-38-29-54-57-55(30-38)70-58-39(2)31-42(62(6,7)8)33-45(58)40-19-24-47-48(32-40)66(16,17)27-28-67(47,18)51-35-43(63(9,10)11)34-46-56(60(70)71-59(46)51)68(57)52-36-49-50(65(14,15)26-25-64(49,12)13)37-53(52)69(54)44-22-20-41(21-23-44)61(3,4)5/h19-24,29-37H,25-28H2,1-18H3. The predicted octanol–water partition coefficient (Wildman–Crippen LogP) is 16.7. The SMILES string of the molecule is Cc1cc2c3c(c1)N1c4oc5c(cc(C(C)(C)C)cc5c4B3c3cc4c(cc3N2c2ccc(C(C)(C)C)cc2)C(C)(C)CCC4(C)C)C2(C)CCC(C)(C)c3cc(ccc32)-c2cc(C(C)(C)C)cc(C)c21. The number of nitrogens with zero attached hydrogens (tertiary/aromatic N) is 2. The summed E-state index contributed by atoms with van der Waals surface area (Å²) in [6.07, 6.45) is 4.46. The molecule has 2 aliphatic carbocycles. The van der Waals surface area contributed by atoms with E-state index in [2.05, 4.69) is 225 Å². The number of aryl methyl sites for hydroxylation is 2. The molecule has 5 heterocycles. The lowest BCUT2D eigenvalue weighted by Crippen LogP contribution is -2.61. The Morgan fingerprint density at radius 3 is 1.68 bits per heavy atom. The molecule has 71 heavy (non-hydrogen) atoms. The summed E-state index contributed by atoms with van der Waals surface area (Å²) >= 11 is 0. The van der Waals surface area contributed by atoms with E-state index in [1.54, 1.807) is 0 Å². The van der Waals surface area contributed by atoms with Crippen molar-refractivity contribution in [1.82, 2.24) is 0 Å². The topological polar surface area (TPSA) is 19.6 Å². The van der Waals surface area contributed by atoms with Crippen LogP contribution in [0.2, 0.25) is 0 Å². The lowest BCUT2D eigenvalue weighted by Gasteiger charge is -2.47. The fourth-order valence-electron chi connectivity index (χ4n) is 13.9. The Labute approximate surface area is 426 Å². The average molecular weight is 937 g/mol. The maximum absolute atomic E-state index is 8.00. The summed E-state index contributed by atoms with van der Waals surface area (Å²) in [5.41, 5.74) is 27.2. The second-order valence-corrected chi connectivity index (χ2v) is 28.2. The summed E-state index contributed by atoms with van der Waals surface area (Å²) in [5, 5.41) is 1.26. The Morgan fingerprint density at radius 1 is 0.493 bits per heavy atom. The molecule has 13 rings (SSSR count). The van der Waals surface area contributed by atoms with Gasteiger partial charge in [-0.3, -0.25) is 4.90 Å². The molecule has 0 amide bonds. The number of hydrogen-bond acceptors (Lipinski definition) is 3. The molecule has 6 aromatic carbocycles.